The zero-order valence-electron chi connectivity index (χ0n) is 9.53. The number of aliphatic hydroxyl groups excluding tert-OH is 1. The van der Waals surface area contributed by atoms with Crippen LogP contribution in [0.3, 0.4) is 0 Å². The van der Waals surface area contributed by atoms with Crippen LogP contribution >= 0.6 is 0 Å². The lowest BCUT2D eigenvalue weighted by atomic mass is 9.98. The van der Waals surface area contributed by atoms with Crippen molar-refractivity contribution in [2.45, 2.75) is 33.3 Å². The van der Waals surface area contributed by atoms with E-state index >= 15 is 0 Å². The molecular weight excluding hydrogens is 188 g/mol. The van der Waals surface area contributed by atoms with Gasteiger partial charge in [0, 0.05) is 12.3 Å². The molecule has 0 amide bonds. The number of aryl methyl sites for hydroxylation is 1. The van der Waals surface area contributed by atoms with Crippen molar-refractivity contribution in [1.29, 1.82) is 0 Å². The molecule has 0 aliphatic heterocycles. The second-order valence-corrected chi connectivity index (χ2v) is 4.25. The highest BCUT2D eigenvalue weighted by Crippen LogP contribution is 2.19. The average Bonchev–Trinajstić information content (AvgIpc) is 2.18. The second kappa shape index (κ2) is 5.08. The Morgan fingerprint density at radius 1 is 1.27 bits per heavy atom. The molecule has 82 valence electrons. The molecule has 2 heteroatoms. The van der Waals surface area contributed by atoms with Gasteiger partial charge in [-0.1, -0.05) is 43.7 Å². The molecule has 1 N–H and O–H groups in total. The molecule has 1 unspecified atom stereocenters. The highest BCUT2D eigenvalue weighted by Gasteiger charge is 2.15. The molecule has 1 aromatic rings. The minimum Gasteiger partial charge on any atom is -0.388 e. The zero-order valence-corrected chi connectivity index (χ0v) is 9.53. The van der Waals surface area contributed by atoms with Crippen LogP contribution in [-0.2, 0) is 4.79 Å². The van der Waals surface area contributed by atoms with E-state index < -0.39 is 6.10 Å². The quantitative estimate of drug-likeness (QED) is 0.822. The summed E-state index contributed by atoms with van der Waals surface area (Å²) in [5.74, 6) is 0.0909. The zero-order chi connectivity index (χ0) is 11.4. The number of ketones is 1. The minimum absolute atomic E-state index is 0.00917. The summed E-state index contributed by atoms with van der Waals surface area (Å²) in [7, 11) is 0. The minimum atomic E-state index is -0.666. The van der Waals surface area contributed by atoms with Crippen LogP contribution in [0.5, 0.6) is 0 Å². The lowest BCUT2D eigenvalue weighted by Crippen LogP contribution is -2.12. The third-order valence-corrected chi connectivity index (χ3v) is 2.50. The Morgan fingerprint density at radius 3 is 2.27 bits per heavy atom. The van der Waals surface area contributed by atoms with Crippen LogP contribution in [0.2, 0.25) is 0 Å². The van der Waals surface area contributed by atoms with E-state index in [9.17, 15) is 9.90 Å². The van der Waals surface area contributed by atoms with Gasteiger partial charge in [-0.3, -0.25) is 4.79 Å². The predicted octanol–water partition coefficient (Wildman–Crippen LogP) is 2.64. The molecule has 0 saturated carbocycles. The number of rotatable bonds is 4. The maximum absolute atomic E-state index is 11.4. The van der Waals surface area contributed by atoms with Crippen LogP contribution in [-0.4, -0.2) is 10.9 Å². The summed E-state index contributed by atoms with van der Waals surface area (Å²) in [5, 5.41) is 9.81. The Bertz CT molecular complexity index is 325. The van der Waals surface area contributed by atoms with Crippen LogP contribution in [0.1, 0.15) is 37.5 Å². The third-order valence-electron chi connectivity index (χ3n) is 2.50. The van der Waals surface area contributed by atoms with Gasteiger partial charge in [-0.15, -0.1) is 0 Å². The van der Waals surface area contributed by atoms with Crippen molar-refractivity contribution in [3.8, 4) is 0 Å². The van der Waals surface area contributed by atoms with Crippen molar-refractivity contribution in [3.05, 3.63) is 35.4 Å². The fourth-order valence-corrected chi connectivity index (χ4v) is 1.33. The molecule has 15 heavy (non-hydrogen) atoms. The summed E-state index contributed by atoms with van der Waals surface area (Å²) in [6.07, 6.45) is -0.457. The molecule has 1 atom stereocenters. The van der Waals surface area contributed by atoms with Gasteiger partial charge in [0.15, 0.2) is 0 Å². The summed E-state index contributed by atoms with van der Waals surface area (Å²) in [6.45, 7) is 5.70. The summed E-state index contributed by atoms with van der Waals surface area (Å²) in [4.78, 5) is 11.4. The van der Waals surface area contributed by atoms with Crippen molar-refractivity contribution >= 4 is 5.78 Å². The Morgan fingerprint density at radius 2 is 1.80 bits per heavy atom. The van der Waals surface area contributed by atoms with E-state index in [1.165, 1.54) is 0 Å². The van der Waals surface area contributed by atoms with E-state index in [1.807, 2.05) is 45.0 Å². The molecule has 0 fully saturated rings. The number of hydrogen-bond acceptors (Lipinski definition) is 2. The van der Waals surface area contributed by atoms with Gasteiger partial charge in [0.2, 0.25) is 0 Å². The molecule has 0 spiro atoms. The van der Waals surface area contributed by atoms with Crippen molar-refractivity contribution in [2.24, 2.45) is 5.92 Å². The molecular formula is C13H18O2. The lowest BCUT2D eigenvalue weighted by Gasteiger charge is -2.11. The fraction of sp³-hybridized carbons (Fsp3) is 0.462. The largest absolute Gasteiger partial charge is 0.388 e. The maximum atomic E-state index is 11.4. The van der Waals surface area contributed by atoms with Crippen LogP contribution in [0.25, 0.3) is 0 Å². The molecule has 2 nitrogen and oxygen atoms in total. The smallest absolute Gasteiger partial charge is 0.138 e. The number of Topliss-reactive ketones (excluding diaryl/α,β-unsaturated/α-hetero) is 1. The molecule has 1 rings (SSSR count). The monoisotopic (exact) mass is 206 g/mol. The molecule has 0 bridgehead atoms. The summed E-state index contributed by atoms with van der Waals surface area (Å²) in [6, 6.07) is 7.62. The summed E-state index contributed by atoms with van der Waals surface area (Å²) >= 11 is 0. The third kappa shape index (κ3) is 3.48. The Labute approximate surface area is 90.9 Å². The first-order valence-electron chi connectivity index (χ1n) is 5.28. The fourth-order valence-electron chi connectivity index (χ4n) is 1.33. The van der Waals surface area contributed by atoms with Gasteiger partial charge in [-0.2, -0.15) is 0 Å². The first-order valence-corrected chi connectivity index (χ1v) is 5.28. The number of aliphatic hydroxyl groups is 1. The molecule has 0 heterocycles. The van der Waals surface area contributed by atoms with Gasteiger partial charge >= 0.3 is 0 Å². The predicted molar refractivity (Wildman–Crippen MR) is 60.6 cm³/mol. The number of hydrogen-bond donors (Lipinski definition) is 1. The molecule has 0 aromatic heterocycles. The van der Waals surface area contributed by atoms with Crippen LogP contribution in [0.15, 0.2) is 24.3 Å². The highest BCUT2D eigenvalue weighted by atomic mass is 16.3. The Balaban J connectivity index is 2.65. The SMILES string of the molecule is Cc1ccc(C(O)CC(=O)C(C)C)cc1. The van der Waals surface area contributed by atoms with Crippen LogP contribution in [0, 0.1) is 12.8 Å². The van der Waals surface area contributed by atoms with Gasteiger partial charge in [-0.05, 0) is 12.5 Å². The van der Waals surface area contributed by atoms with Gasteiger partial charge in [0.25, 0.3) is 0 Å². The molecule has 0 saturated heterocycles. The first-order chi connectivity index (χ1) is 7.00. The van der Waals surface area contributed by atoms with Crippen molar-refractivity contribution in [1.82, 2.24) is 0 Å². The molecule has 0 radical (unpaired) electrons. The van der Waals surface area contributed by atoms with E-state index in [0.717, 1.165) is 11.1 Å². The first kappa shape index (κ1) is 11.9. The van der Waals surface area contributed by atoms with Crippen molar-refractivity contribution in [2.75, 3.05) is 0 Å². The Hall–Kier alpha value is -1.15. The van der Waals surface area contributed by atoms with E-state index in [-0.39, 0.29) is 18.1 Å². The van der Waals surface area contributed by atoms with Crippen molar-refractivity contribution in [3.63, 3.8) is 0 Å². The Kier molecular flexibility index (Phi) is 4.04. The second-order valence-electron chi connectivity index (χ2n) is 4.25. The molecule has 1 aromatic carbocycles. The average molecular weight is 206 g/mol. The van der Waals surface area contributed by atoms with E-state index in [1.54, 1.807) is 0 Å². The van der Waals surface area contributed by atoms with Gasteiger partial charge in [-0.25, -0.2) is 0 Å². The lowest BCUT2D eigenvalue weighted by molar-refractivity contribution is -0.123. The summed E-state index contributed by atoms with van der Waals surface area (Å²) in [5.41, 5.74) is 1.97. The van der Waals surface area contributed by atoms with Crippen LogP contribution in [0.4, 0.5) is 0 Å². The topological polar surface area (TPSA) is 37.3 Å². The van der Waals surface area contributed by atoms with Gasteiger partial charge < -0.3 is 5.11 Å². The normalized spacial score (nSPS) is 12.9. The standard InChI is InChI=1S/C13H18O2/c1-9(2)12(14)8-13(15)11-6-4-10(3)5-7-11/h4-7,9,13,15H,8H2,1-3H3. The van der Waals surface area contributed by atoms with Gasteiger partial charge in [0.1, 0.15) is 5.78 Å². The van der Waals surface area contributed by atoms with E-state index in [0.29, 0.717) is 0 Å². The molecule has 0 aliphatic carbocycles. The number of carbonyl (C=O) groups excluding carboxylic acids is 1. The highest BCUT2D eigenvalue weighted by molar-refractivity contribution is 5.80. The molecule has 0 aliphatic rings. The van der Waals surface area contributed by atoms with E-state index in [2.05, 4.69) is 0 Å². The number of carbonyl (C=O) groups is 1. The van der Waals surface area contributed by atoms with Crippen LogP contribution < -0.4 is 0 Å². The maximum Gasteiger partial charge on any atom is 0.138 e. The number of benzene rings is 1. The summed E-state index contributed by atoms with van der Waals surface area (Å²) < 4.78 is 0. The van der Waals surface area contributed by atoms with Crippen molar-refractivity contribution < 1.29 is 9.90 Å². The van der Waals surface area contributed by atoms with Gasteiger partial charge in [0.05, 0.1) is 6.10 Å². The van der Waals surface area contributed by atoms with E-state index in [4.69, 9.17) is 0 Å².